The molecule has 0 aromatic rings. The van der Waals surface area contributed by atoms with Crippen LogP contribution in [0.4, 0.5) is 0 Å². The van der Waals surface area contributed by atoms with E-state index in [4.69, 9.17) is 4.74 Å². The Labute approximate surface area is 211 Å². The van der Waals surface area contributed by atoms with E-state index in [0.717, 1.165) is 25.7 Å². The van der Waals surface area contributed by atoms with Gasteiger partial charge in [0.2, 0.25) is 0 Å². The van der Waals surface area contributed by atoms with E-state index in [1.165, 1.54) is 11.1 Å². The van der Waals surface area contributed by atoms with Gasteiger partial charge >= 0.3 is 5.97 Å². The zero-order chi connectivity index (χ0) is 26.3. The van der Waals surface area contributed by atoms with E-state index in [2.05, 4.69) is 20.8 Å². The molecule has 0 amide bonds. The van der Waals surface area contributed by atoms with Crippen LogP contribution in [0.3, 0.4) is 0 Å². The molecule has 35 heavy (non-hydrogen) atoms. The summed E-state index contributed by atoms with van der Waals surface area (Å²) in [7, 11) is 0. The highest BCUT2D eigenvalue weighted by molar-refractivity contribution is 5.70. The van der Waals surface area contributed by atoms with Crippen molar-refractivity contribution >= 4 is 5.97 Å². The molecule has 4 rings (SSSR count). The van der Waals surface area contributed by atoms with Crippen LogP contribution in [0.25, 0.3) is 0 Å². The first kappa shape index (κ1) is 27.1. The standard InChI is InChI=1S/C29H48O6/c1-15(2)13-22(32)35-23-24(33)26(4,5)20-10-9-18-17(28(20,7)25(23)34)11-12-27(6)19(16(3)30)14-21(31)29(18,27)8/h15-16,19-21,23-25,30-31,33-34H,9-14H2,1-8H3. The molecule has 10 unspecified atom stereocenters. The van der Waals surface area contributed by atoms with Gasteiger partial charge in [-0.3, -0.25) is 4.79 Å². The van der Waals surface area contributed by atoms with Crippen molar-refractivity contribution in [1.82, 2.24) is 0 Å². The quantitative estimate of drug-likeness (QED) is 0.349. The van der Waals surface area contributed by atoms with Gasteiger partial charge in [-0.15, -0.1) is 0 Å². The highest BCUT2D eigenvalue weighted by Crippen LogP contribution is 2.72. The van der Waals surface area contributed by atoms with Crippen molar-refractivity contribution in [3.63, 3.8) is 0 Å². The summed E-state index contributed by atoms with van der Waals surface area (Å²) in [4.78, 5) is 12.6. The van der Waals surface area contributed by atoms with Crippen LogP contribution in [0.5, 0.6) is 0 Å². The zero-order valence-electron chi connectivity index (χ0n) is 23.0. The fraction of sp³-hybridized carbons (Fsp3) is 0.897. The monoisotopic (exact) mass is 492 g/mol. The Balaban J connectivity index is 1.81. The number of hydrogen-bond acceptors (Lipinski definition) is 6. The van der Waals surface area contributed by atoms with E-state index in [9.17, 15) is 25.2 Å². The number of aliphatic hydroxyl groups excluding tert-OH is 4. The Morgan fingerprint density at radius 2 is 1.63 bits per heavy atom. The molecule has 0 heterocycles. The SMILES string of the molecule is CC(C)CC(=O)OC1C(O)C(C)(C)C2CCC3=C(CCC4(C)C(C(C)O)CC(O)C34C)C2(C)C1O. The molecule has 0 aromatic heterocycles. The first-order valence-corrected chi connectivity index (χ1v) is 13.7. The van der Waals surface area contributed by atoms with Crippen molar-refractivity contribution in [3.8, 4) is 0 Å². The van der Waals surface area contributed by atoms with Gasteiger partial charge in [0, 0.05) is 17.3 Å². The predicted octanol–water partition coefficient (Wildman–Crippen LogP) is 3.99. The molecule has 10 atom stereocenters. The van der Waals surface area contributed by atoms with Crippen molar-refractivity contribution in [1.29, 1.82) is 0 Å². The van der Waals surface area contributed by atoms with Gasteiger partial charge in [-0.05, 0) is 67.6 Å². The molecule has 4 aliphatic carbocycles. The summed E-state index contributed by atoms with van der Waals surface area (Å²) in [5.41, 5.74) is 0.440. The third kappa shape index (κ3) is 3.53. The van der Waals surface area contributed by atoms with Crippen LogP contribution in [-0.2, 0) is 9.53 Å². The minimum Gasteiger partial charge on any atom is -0.457 e. The maximum absolute atomic E-state index is 12.6. The number of hydrogen-bond donors (Lipinski definition) is 4. The average molecular weight is 493 g/mol. The van der Waals surface area contributed by atoms with Crippen LogP contribution in [0.2, 0.25) is 0 Å². The van der Waals surface area contributed by atoms with Crippen LogP contribution in [0, 0.1) is 39.4 Å². The molecule has 0 aromatic carbocycles. The molecule has 6 heteroatoms. The van der Waals surface area contributed by atoms with E-state index in [0.29, 0.717) is 6.42 Å². The second-order valence-electron chi connectivity index (χ2n) is 13.8. The molecule has 0 spiro atoms. The van der Waals surface area contributed by atoms with Crippen molar-refractivity contribution < 1.29 is 30.0 Å². The summed E-state index contributed by atoms with van der Waals surface area (Å²) in [5, 5.41) is 45.3. The van der Waals surface area contributed by atoms with Crippen LogP contribution < -0.4 is 0 Å². The largest absolute Gasteiger partial charge is 0.457 e. The molecule has 2 fully saturated rings. The van der Waals surface area contributed by atoms with Crippen molar-refractivity contribution in [2.24, 2.45) is 39.4 Å². The molecule has 0 radical (unpaired) electrons. The Bertz CT molecular complexity index is 892. The first-order chi connectivity index (χ1) is 16.0. The Morgan fingerprint density at radius 3 is 2.20 bits per heavy atom. The fourth-order valence-corrected chi connectivity index (χ4v) is 9.21. The summed E-state index contributed by atoms with van der Waals surface area (Å²) in [6, 6.07) is 0. The van der Waals surface area contributed by atoms with Gasteiger partial charge in [0.15, 0.2) is 6.10 Å². The number of carbonyl (C=O) groups excluding carboxylic acids is 1. The van der Waals surface area contributed by atoms with Crippen LogP contribution in [0.1, 0.15) is 93.9 Å². The summed E-state index contributed by atoms with van der Waals surface area (Å²) < 4.78 is 5.81. The molecule has 0 bridgehead atoms. The first-order valence-electron chi connectivity index (χ1n) is 13.7. The summed E-state index contributed by atoms with van der Waals surface area (Å²) in [6.07, 6.45) is -0.0218. The third-order valence-corrected chi connectivity index (χ3v) is 11.4. The molecule has 6 nitrogen and oxygen atoms in total. The van der Waals surface area contributed by atoms with Crippen molar-refractivity contribution in [3.05, 3.63) is 11.1 Å². The van der Waals surface area contributed by atoms with Gasteiger partial charge in [-0.2, -0.15) is 0 Å². The molecule has 4 N–H and O–H groups in total. The highest BCUT2D eigenvalue weighted by atomic mass is 16.6. The minimum atomic E-state index is -1.03. The number of esters is 1. The second-order valence-corrected chi connectivity index (χ2v) is 13.8. The summed E-state index contributed by atoms with van der Waals surface area (Å²) >= 11 is 0. The van der Waals surface area contributed by atoms with Gasteiger partial charge in [0.05, 0.1) is 18.3 Å². The van der Waals surface area contributed by atoms with Crippen LogP contribution in [-0.4, -0.2) is 56.9 Å². The van der Waals surface area contributed by atoms with Gasteiger partial charge in [0.25, 0.3) is 0 Å². The normalized spacial score (nSPS) is 47.7. The van der Waals surface area contributed by atoms with Gasteiger partial charge in [0.1, 0.15) is 6.10 Å². The van der Waals surface area contributed by atoms with Crippen LogP contribution in [0.15, 0.2) is 11.1 Å². The highest BCUT2D eigenvalue weighted by Gasteiger charge is 2.69. The van der Waals surface area contributed by atoms with Crippen molar-refractivity contribution in [2.45, 2.75) is 124 Å². The lowest BCUT2D eigenvalue weighted by Crippen LogP contribution is -2.67. The Morgan fingerprint density at radius 1 is 1.00 bits per heavy atom. The number of aliphatic hydroxyl groups is 4. The van der Waals surface area contributed by atoms with E-state index in [1.807, 2.05) is 34.6 Å². The summed E-state index contributed by atoms with van der Waals surface area (Å²) in [5.74, 6) is -0.234. The summed E-state index contributed by atoms with van der Waals surface area (Å²) in [6.45, 7) is 16.3. The molecule has 0 saturated heterocycles. The predicted molar refractivity (Wildman–Crippen MR) is 134 cm³/mol. The molecule has 200 valence electrons. The molecule has 4 aliphatic rings. The lowest BCUT2D eigenvalue weighted by atomic mass is 9.42. The minimum absolute atomic E-state index is 0.0119. The smallest absolute Gasteiger partial charge is 0.306 e. The number of fused-ring (bicyclic) bond motifs is 4. The average Bonchev–Trinajstić information content (AvgIpc) is 2.96. The second kappa shape index (κ2) is 8.54. The third-order valence-electron chi connectivity index (χ3n) is 11.4. The fourth-order valence-electron chi connectivity index (χ4n) is 9.21. The van der Waals surface area contributed by atoms with Crippen molar-refractivity contribution in [2.75, 3.05) is 0 Å². The van der Waals surface area contributed by atoms with E-state index >= 15 is 0 Å². The number of carbonyl (C=O) groups is 1. The van der Waals surface area contributed by atoms with E-state index in [1.54, 1.807) is 0 Å². The number of ether oxygens (including phenoxy) is 1. The Kier molecular flexibility index (Phi) is 6.61. The topological polar surface area (TPSA) is 107 Å². The maximum Gasteiger partial charge on any atom is 0.306 e. The lowest BCUT2D eigenvalue weighted by Gasteiger charge is -2.64. The van der Waals surface area contributed by atoms with Crippen LogP contribution >= 0.6 is 0 Å². The number of rotatable bonds is 4. The van der Waals surface area contributed by atoms with Gasteiger partial charge in [-0.25, -0.2) is 0 Å². The maximum atomic E-state index is 12.6. The molecule has 0 aliphatic heterocycles. The van der Waals surface area contributed by atoms with Gasteiger partial charge in [-0.1, -0.05) is 59.6 Å². The zero-order valence-corrected chi connectivity index (χ0v) is 23.0. The Hall–Kier alpha value is -0.950. The molecular formula is C29H48O6. The van der Waals surface area contributed by atoms with E-state index < -0.39 is 46.8 Å². The molecular weight excluding hydrogens is 444 g/mol. The molecule has 2 saturated carbocycles. The lowest BCUT2D eigenvalue weighted by molar-refractivity contribution is -0.231. The van der Waals surface area contributed by atoms with E-state index in [-0.39, 0.29) is 35.6 Å². The van der Waals surface area contributed by atoms with Gasteiger partial charge < -0.3 is 25.2 Å².